The van der Waals surface area contributed by atoms with Crippen LogP contribution in [-0.2, 0) is 4.79 Å². The van der Waals surface area contributed by atoms with Crippen LogP contribution in [0.25, 0.3) is 0 Å². The third-order valence-corrected chi connectivity index (χ3v) is 3.96. The maximum absolute atomic E-state index is 13.4. The molecule has 3 amide bonds. The predicted molar refractivity (Wildman–Crippen MR) is 78.1 cm³/mol. The SMILES string of the molecule is O=C1CSC(=NC(=O)N[C@]2(C(F)(F)F)Oc3ccc(Cl)cc3O2)N1. The van der Waals surface area contributed by atoms with E-state index in [1.54, 1.807) is 0 Å². The average Bonchev–Trinajstić information content (AvgIpc) is 3.01. The highest BCUT2D eigenvalue weighted by Crippen LogP contribution is 2.46. The number of fused-ring (bicyclic) bond motifs is 1. The summed E-state index contributed by atoms with van der Waals surface area (Å²) in [5, 5.41) is 3.77. The number of benzene rings is 1. The highest BCUT2D eigenvalue weighted by molar-refractivity contribution is 8.15. The fourth-order valence-electron chi connectivity index (χ4n) is 1.86. The van der Waals surface area contributed by atoms with Crippen molar-refractivity contribution in [3.05, 3.63) is 23.2 Å². The van der Waals surface area contributed by atoms with Gasteiger partial charge in [0.25, 0.3) is 0 Å². The normalized spacial score (nSPS) is 24.2. The Morgan fingerprint density at radius 3 is 2.71 bits per heavy atom. The molecule has 2 N–H and O–H groups in total. The number of thioether (sulfide) groups is 1. The molecule has 0 aliphatic carbocycles. The van der Waals surface area contributed by atoms with Crippen LogP contribution in [0.4, 0.5) is 18.0 Å². The number of carbonyl (C=O) groups is 2. The molecular weight excluding hydrogens is 375 g/mol. The van der Waals surface area contributed by atoms with E-state index in [0.29, 0.717) is 0 Å². The largest absolute Gasteiger partial charge is 0.492 e. The van der Waals surface area contributed by atoms with E-state index in [0.717, 1.165) is 17.8 Å². The van der Waals surface area contributed by atoms with E-state index < -0.39 is 24.0 Å². The molecule has 0 aromatic heterocycles. The van der Waals surface area contributed by atoms with Crippen molar-refractivity contribution in [2.45, 2.75) is 12.1 Å². The van der Waals surface area contributed by atoms with Crippen molar-refractivity contribution in [3.8, 4) is 11.5 Å². The van der Waals surface area contributed by atoms with E-state index in [1.807, 2.05) is 0 Å². The van der Waals surface area contributed by atoms with Gasteiger partial charge in [-0.15, -0.1) is 0 Å². The average molecular weight is 382 g/mol. The van der Waals surface area contributed by atoms with Gasteiger partial charge in [0.05, 0.1) is 5.75 Å². The topological polar surface area (TPSA) is 89.0 Å². The van der Waals surface area contributed by atoms with Gasteiger partial charge in [0, 0.05) is 11.1 Å². The van der Waals surface area contributed by atoms with Gasteiger partial charge in [-0.25, -0.2) is 4.79 Å². The Balaban J connectivity index is 1.84. The Morgan fingerprint density at radius 1 is 1.38 bits per heavy atom. The van der Waals surface area contributed by atoms with Crippen LogP contribution in [0.3, 0.4) is 0 Å². The number of ether oxygens (including phenoxy) is 2. The molecule has 0 radical (unpaired) electrons. The molecule has 1 fully saturated rings. The van der Waals surface area contributed by atoms with Gasteiger partial charge in [-0.1, -0.05) is 23.4 Å². The molecule has 2 aliphatic heterocycles. The Kier molecular flexibility index (Phi) is 4.00. The van der Waals surface area contributed by atoms with Crippen LogP contribution in [0.5, 0.6) is 11.5 Å². The van der Waals surface area contributed by atoms with Crippen molar-refractivity contribution in [2.75, 3.05) is 5.75 Å². The first-order chi connectivity index (χ1) is 11.2. The number of hydrogen-bond acceptors (Lipinski definition) is 5. The highest BCUT2D eigenvalue weighted by Gasteiger charge is 2.65. The van der Waals surface area contributed by atoms with Gasteiger partial charge in [0.1, 0.15) is 0 Å². The standard InChI is InChI=1S/C12H7ClF3N3O4S/c13-5-1-2-6-7(3-5)23-12(22-6,11(14,15)16)19-9(21)18-10-17-8(20)4-24-10/h1-3H,4H2,(H2,17,18,19,20,21)/t12-/m1/s1. The number of aliphatic imine (C=N–C) groups is 1. The lowest BCUT2D eigenvalue weighted by Crippen LogP contribution is -2.64. The molecule has 24 heavy (non-hydrogen) atoms. The molecule has 3 rings (SSSR count). The molecule has 0 unspecified atom stereocenters. The molecule has 1 atom stereocenters. The van der Waals surface area contributed by atoms with Crippen molar-refractivity contribution < 1.29 is 32.2 Å². The summed E-state index contributed by atoms with van der Waals surface area (Å²) in [6, 6.07) is 2.21. The number of amides is 3. The maximum atomic E-state index is 13.4. The minimum absolute atomic E-state index is 0.0213. The minimum atomic E-state index is -5.11. The maximum Gasteiger partial charge on any atom is 0.492 e. The fraction of sp³-hybridized carbons (Fsp3) is 0.250. The lowest BCUT2D eigenvalue weighted by Gasteiger charge is -2.28. The minimum Gasteiger partial charge on any atom is -0.424 e. The number of amidine groups is 1. The number of halogens is 4. The zero-order valence-corrected chi connectivity index (χ0v) is 13.0. The van der Waals surface area contributed by atoms with Crippen molar-refractivity contribution in [1.29, 1.82) is 0 Å². The Hall–Kier alpha value is -2.14. The zero-order chi connectivity index (χ0) is 17.5. The molecule has 1 saturated heterocycles. The van der Waals surface area contributed by atoms with E-state index >= 15 is 0 Å². The van der Waals surface area contributed by atoms with Crippen LogP contribution >= 0.6 is 23.4 Å². The molecule has 0 saturated carbocycles. The second-order valence-corrected chi connectivity index (χ2v) is 5.99. The van der Waals surface area contributed by atoms with Gasteiger partial charge in [-0.3, -0.25) is 10.1 Å². The molecule has 7 nitrogen and oxygen atoms in total. The van der Waals surface area contributed by atoms with E-state index in [1.165, 1.54) is 17.4 Å². The van der Waals surface area contributed by atoms with E-state index in [9.17, 15) is 22.8 Å². The number of rotatable bonds is 1. The number of alkyl halides is 3. The number of nitrogens with one attached hydrogen (secondary N) is 2. The molecule has 1 aromatic rings. The summed E-state index contributed by atoms with van der Waals surface area (Å²) in [7, 11) is 0. The van der Waals surface area contributed by atoms with Gasteiger partial charge in [-0.2, -0.15) is 18.2 Å². The zero-order valence-electron chi connectivity index (χ0n) is 11.4. The quantitative estimate of drug-likeness (QED) is 0.779. The number of carbonyl (C=O) groups excluding carboxylic acids is 2. The van der Waals surface area contributed by atoms with E-state index in [4.69, 9.17) is 21.1 Å². The van der Waals surface area contributed by atoms with Crippen molar-refractivity contribution in [2.24, 2.45) is 4.99 Å². The van der Waals surface area contributed by atoms with Crippen LogP contribution < -0.4 is 20.1 Å². The third-order valence-electron chi connectivity index (χ3n) is 2.85. The summed E-state index contributed by atoms with van der Waals surface area (Å²) < 4.78 is 49.7. The van der Waals surface area contributed by atoms with Crippen LogP contribution in [0.2, 0.25) is 5.02 Å². The van der Waals surface area contributed by atoms with Gasteiger partial charge >= 0.3 is 18.1 Å². The second kappa shape index (κ2) is 5.74. The summed E-state index contributed by atoms with van der Waals surface area (Å²) in [5.41, 5.74) is 0. The summed E-state index contributed by atoms with van der Waals surface area (Å²) in [6.45, 7) is 0. The highest BCUT2D eigenvalue weighted by atomic mass is 35.5. The lowest BCUT2D eigenvalue weighted by molar-refractivity contribution is -0.317. The van der Waals surface area contributed by atoms with Crippen molar-refractivity contribution in [1.82, 2.24) is 10.6 Å². The third kappa shape index (κ3) is 3.08. The second-order valence-electron chi connectivity index (χ2n) is 4.59. The summed E-state index contributed by atoms with van der Waals surface area (Å²) in [6.07, 6.45) is -5.11. The van der Waals surface area contributed by atoms with E-state index in [-0.39, 0.29) is 27.4 Å². The monoisotopic (exact) mass is 381 g/mol. The molecule has 0 bridgehead atoms. The summed E-state index contributed by atoms with van der Waals surface area (Å²) >= 11 is 6.58. The first kappa shape index (κ1) is 16.7. The Labute approximate surface area is 141 Å². The number of hydrogen-bond donors (Lipinski definition) is 2. The first-order valence-corrected chi connectivity index (χ1v) is 7.63. The van der Waals surface area contributed by atoms with Crippen molar-refractivity contribution >= 4 is 40.5 Å². The van der Waals surface area contributed by atoms with Crippen LogP contribution in [0.1, 0.15) is 0 Å². The van der Waals surface area contributed by atoms with E-state index in [2.05, 4.69) is 10.3 Å². The van der Waals surface area contributed by atoms with Gasteiger partial charge in [-0.05, 0) is 12.1 Å². The lowest BCUT2D eigenvalue weighted by atomic mass is 10.3. The predicted octanol–water partition coefficient (Wildman–Crippen LogP) is 2.26. The summed E-state index contributed by atoms with van der Waals surface area (Å²) in [5.74, 6) is -4.35. The van der Waals surface area contributed by atoms with Crippen LogP contribution in [0, 0.1) is 0 Å². The van der Waals surface area contributed by atoms with Gasteiger partial charge in [0.2, 0.25) is 5.91 Å². The number of nitrogens with zero attached hydrogens (tertiary/aromatic N) is 1. The molecule has 2 aliphatic rings. The van der Waals surface area contributed by atoms with Crippen LogP contribution in [-0.4, -0.2) is 34.9 Å². The molecule has 0 spiro atoms. The first-order valence-electron chi connectivity index (χ1n) is 6.26. The molecule has 12 heteroatoms. The molecule has 1 aromatic carbocycles. The summed E-state index contributed by atoms with van der Waals surface area (Å²) in [4.78, 5) is 26.1. The molecule has 128 valence electrons. The molecule has 2 heterocycles. The smallest absolute Gasteiger partial charge is 0.424 e. The van der Waals surface area contributed by atoms with Gasteiger partial charge < -0.3 is 14.8 Å². The van der Waals surface area contributed by atoms with Crippen LogP contribution in [0.15, 0.2) is 23.2 Å². The Bertz CT molecular complexity index is 758. The van der Waals surface area contributed by atoms with Gasteiger partial charge in [0.15, 0.2) is 16.7 Å². The Morgan fingerprint density at radius 2 is 2.08 bits per heavy atom. The van der Waals surface area contributed by atoms with Crippen molar-refractivity contribution in [3.63, 3.8) is 0 Å². The molecular formula is C12H7ClF3N3O4S. The number of urea groups is 1. The fourth-order valence-corrected chi connectivity index (χ4v) is 2.70.